The van der Waals surface area contributed by atoms with Crippen LogP contribution < -0.4 is 0 Å². The molecular formula is C57H35N3S. The van der Waals surface area contributed by atoms with Crippen LogP contribution in [0.2, 0.25) is 0 Å². The number of thiophene rings is 1. The van der Waals surface area contributed by atoms with E-state index in [0.29, 0.717) is 0 Å². The molecule has 4 heteroatoms. The Morgan fingerprint density at radius 1 is 0.311 bits per heavy atom. The van der Waals surface area contributed by atoms with Gasteiger partial charge in [-0.25, -0.2) is 4.98 Å². The standard InChI is InChI=1S/C57H35N3S/c1-3-13-38(14-4-1)45-33-51(58-50-20-10-7-17-42(45)50)39-25-23-36(24-26-39)37-27-29-41(30-28-37)60-53-22-12-9-19-44(53)47-32-49-48-31-46-43-18-8-11-21-52(43)59(40-15-5-2-6-16-40)54(46)34-56(48)61-57(49)35-55(47)60/h1-35H. The minimum absolute atomic E-state index is 0.974. The predicted octanol–water partition coefficient (Wildman–Crippen LogP) is 15.8. The first-order valence-corrected chi connectivity index (χ1v) is 21.6. The zero-order valence-electron chi connectivity index (χ0n) is 33.0. The Morgan fingerprint density at radius 3 is 1.39 bits per heavy atom. The number of pyridine rings is 1. The molecule has 0 radical (unpaired) electrons. The fourth-order valence-corrected chi connectivity index (χ4v) is 10.8. The molecule has 0 aliphatic rings. The van der Waals surface area contributed by atoms with Gasteiger partial charge in [0.15, 0.2) is 0 Å². The van der Waals surface area contributed by atoms with Gasteiger partial charge in [-0.15, -0.1) is 11.3 Å². The molecule has 0 unspecified atom stereocenters. The lowest BCUT2D eigenvalue weighted by Crippen LogP contribution is -1.93. The van der Waals surface area contributed by atoms with Crippen molar-refractivity contribution >= 4 is 86.0 Å². The topological polar surface area (TPSA) is 22.8 Å². The van der Waals surface area contributed by atoms with E-state index in [1.54, 1.807) is 0 Å². The summed E-state index contributed by atoms with van der Waals surface area (Å²) in [6.45, 7) is 0. The van der Waals surface area contributed by atoms with Crippen LogP contribution in [0.15, 0.2) is 212 Å². The molecule has 61 heavy (non-hydrogen) atoms. The molecule has 13 rings (SSSR count). The molecule has 0 saturated carbocycles. The highest BCUT2D eigenvalue weighted by Gasteiger charge is 2.19. The van der Waals surface area contributed by atoms with Crippen LogP contribution in [0.1, 0.15) is 0 Å². The van der Waals surface area contributed by atoms with Gasteiger partial charge in [-0.2, -0.15) is 0 Å². The summed E-state index contributed by atoms with van der Waals surface area (Å²) < 4.78 is 7.44. The van der Waals surface area contributed by atoms with E-state index in [2.05, 4.69) is 221 Å². The Morgan fingerprint density at radius 2 is 0.787 bits per heavy atom. The third-order valence-electron chi connectivity index (χ3n) is 12.5. The third-order valence-corrected chi connectivity index (χ3v) is 13.6. The molecule has 0 atom stereocenters. The average Bonchev–Trinajstić information content (AvgIpc) is 3.96. The molecule has 0 saturated heterocycles. The zero-order chi connectivity index (χ0) is 40.0. The van der Waals surface area contributed by atoms with Gasteiger partial charge in [-0.05, 0) is 95.1 Å². The number of hydrogen-bond acceptors (Lipinski definition) is 2. The van der Waals surface area contributed by atoms with Crippen LogP contribution in [-0.4, -0.2) is 14.1 Å². The van der Waals surface area contributed by atoms with E-state index < -0.39 is 0 Å². The van der Waals surface area contributed by atoms with E-state index in [1.165, 1.54) is 91.7 Å². The fraction of sp³-hybridized carbons (Fsp3) is 0. The number of benzene rings is 9. The van der Waals surface area contributed by atoms with Gasteiger partial charge in [0, 0.05) is 64.0 Å². The number of nitrogens with zero attached hydrogens (tertiary/aromatic N) is 3. The van der Waals surface area contributed by atoms with Crippen molar-refractivity contribution in [2.45, 2.75) is 0 Å². The largest absolute Gasteiger partial charge is 0.309 e. The Balaban J connectivity index is 0.898. The Bertz CT molecular complexity index is 3840. The van der Waals surface area contributed by atoms with Crippen LogP contribution in [0.4, 0.5) is 0 Å². The van der Waals surface area contributed by atoms with Crippen molar-refractivity contribution in [2.24, 2.45) is 0 Å². The van der Waals surface area contributed by atoms with Gasteiger partial charge in [-0.1, -0.05) is 140 Å². The first-order valence-electron chi connectivity index (χ1n) is 20.8. The highest BCUT2D eigenvalue weighted by Crippen LogP contribution is 2.44. The van der Waals surface area contributed by atoms with E-state index in [-0.39, 0.29) is 0 Å². The maximum absolute atomic E-state index is 5.09. The van der Waals surface area contributed by atoms with Crippen molar-refractivity contribution in [1.82, 2.24) is 14.1 Å². The molecule has 0 bridgehead atoms. The summed E-state index contributed by atoms with van der Waals surface area (Å²) in [6.07, 6.45) is 0. The van der Waals surface area contributed by atoms with Gasteiger partial charge in [0.05, 0.1) is 33.3 Å². The Labute approximate surface area is 355 Å². The molecule has 3 nitrogen and oxygen atoms in total. The first-order chi connectivity index (χ1) is 30.2. The van der Waals surface area contributed by atoms with Crippen molar-refractivity contribution in [3.63, 3.8) is 0 Å². The van der Waals surface area contributed by atoms with Crippen molar-refractivity contribution in [3.05, 3.63) is 212 Å². The van der Waals surface area contributed by atoms with E-state index >= 15 is 0 Å². The lowest BCUT2D eigenvalue weighted by Gasteiger charge is -2.12. The molecule has 284 valence electrons. The molecular weight excluding hydrogens is 759 g/mol. The summed E-state index contributed by atoms with van der Waals surface area (Å²) in [5.41, 5.74) is 15.1. The summed E-state index contributed by atoms with van der Waals surface area (Å²) in [7, 11) is 0. The quantitative estimate of drug-likeness (QED) is 0.170. The van der Waals surface area contributed by atoms with Crippen LogP contribution in [0, 0.1) is 0 Å². The predicted molar refractivity (Wildman–Crippen MR) is 260 cm³/mol. The van der Waals surface area contributed by atoms with Crippen LogP contribution in [0.5, 0.6) is 0 Å². The SMILES string of the molecule is c1ccc(-c2cc(-c3ccc(-c4ccc(-n5c6ccccc6c6cc7c(cc65)sc5cc6c(cc57)c5ccccc5n6-c5ccccc5)cc4)cc3)nc3ccccc23)cc1. The monoisotopic (exact) mass is 793 g/mol. The average molecular weight is 794 g/mol. The highest BCUT2D eigenvalue weighted by molar-refractivity contribution is 7.26. The second-order valence-electron chi connectivity index (χ2n) is 15.9. The smallest absolute Gasteiger partial charge is 0.0715 e. The van der Waals surface area contributed by atoms with Gasteiger partial charge >= 0.3 is 0 Å². The zero-order valence-corrected chi connectivity index (χ0v) is 33.8. The van der Waals surface area contributed by atoms with Crippen LogP contribution >= 0.6 is 11.3 Å². The van der Waals surface area contributed by atoms with Gasteiger partial charge in [0.1, 0.15) is 0 Å². The second kappa shape index (κ2) is 13.4. The highest BCUT2D eigenvalue weighted by atomic mass is 32.1. The Hall–Kier alpha value is -7.79. The van der Waals surface area contributed by atoms with E-state index in [9.17, 15) is 0 Å². The van der Waals surface area contributed by atoms with E-state index in [1.807, 2.05) is 11.3 Å². The molecule has 0 aliphatic carbocycles. The van der Waals surface area contributed by atoms with E-state index in [0.717, 1.165) is 27.8 Å². The number of rotatable bonds is 5. The Kier molecular flexibility index (Phi) is 7.47. The van der Waals surface area contributed by atoms with Crippen LogP contribution in [-0.2, 0) is 0 Å². The van der Waals surface area contributed by atoms with Gasteiger partial charge < -0.3 is 9.13 Å². The van der Waals surface area contributed by atoms with Gasteiger partial charge in [0.25, 0.3) is 0 Å². The second-order valence-corrected chi connectivity index (χ2v) is 17.0. The van der Waals surface area contributed by atoms with Crippen molar-refractivity contribution in [3.8, 4) is 44.9 Å². The fourth-order valence-electron chi connectivity index (χ4n) is 9.65. The van der Waals surface area contributed by atoms with Crippen molar-refractivity contribution < 1.29 is 0 Å². The normalized spacial score (nSPS) is 11.9. The lowest BCUT2D eigenvalue weighted by molar-refractivity contribution is 1.18. The first kappa shape index (κ1) is 34.1. The summed E-state index contributed by atoms with van der Waals surface area (Å²) in [5, 5.41) is 8.87. The summed E-state index contributed by atoms with van der Waals surface area (Å²) in [4.78, 5) is 5.09. The van der Waals surface area contributed by atoms with Crippen LogP contribution in [0.3, 0.4) is 0 Å². The molecule has 0 aliphatic heterocycles. The third kappa shape index (κ3) is 5.33. The van der Waals surface area contributed by atoms with Gasteiger partial charge in [0.2, 0.25) is 0 Å². The van der Waals surface area contributed by atoms with Crippen LogP contribution in [0.25, 0.3) is 120 Å². The minimum Gasteiger partial charge on any atom is -0.309 e. The maximum Gasteiger partial charge on any atom is 0.0715 e. The molecule has 13 aromatic rings. The maximum atomic E-state index is 5.09. The molecule has 9 aromatic carbocycles. The molecule has 0 spiro atoms. The minimum atomic E-state index is 0.974. The lowest BCUT2D eigenvalue weighted by atomic mass is 9.97. The number of para-hydroxylation sites is 4. The molecule has 4 aromatic heterocycles. The number of aromatic nitrogens is 3. The van der Waals surface area contributed by atoms with E-state index in [4.69, 9.17) is 4.98 Å². The molecule has 0 fully saturated rings. The number of fused-ring (bicyclic) bond motifs is 10. The summed E-state index contributed by atoms with van der Waals surface area (Å²) in [6, 6.07) is 77.2. The number of hydrogen-bond donors (Lipinski definition) is 0. The van der Waals surface area contributed by atoms with Gasteiger partial charge in [-0.3, -0.25) is 0 Å². The van der Waals surface area contributed by atoms with Crippen molar-refractivity contribution in [1.29, 1.82) is 0 Å². The molecule has 0 amide bonds. The summed E-state index contributed by atoms with van der Waals surface area (Å²) in [5.74, 6) is 0. The molecule has 4 heterocycles. The molecule has 0 N–H and O–H groups in total. The summed E-state index contributed by atoms with van der Waals surface area (Å²) >= 11 is 1.89. The van der Waals surface area contributed by atoms with Crippen molar-refractivity contribution in [2.75, 3.05) is 0 Å².